The lowest BCUT2D eigenvalue weighted by Crippen LogP contribution is -2.59. The van der Waals surface area contributed by atoms with E-state index in [0.717, 1.165) is 53.8 Å². The molecule has 24 heavy (non-hydrogen) atoms. The first-order valence-electron chi connectivity index (χ1n) is 9.06. The number of quaternary nitrogens is 1. The molecule has 0 spiro atoms. The Hall–Kier alpha value is -1.86. The van der Waals surface area contributed by atoms with Gasteiger partial charge in [-0.1, -0.05) is 6.92 Å². The molecule has 4 heteroatoms. The molecule has 1 aromatic carbocycles. The summed E-state index contributed by atoms with van der Waals surface area (Å²) >= 11 is 0. The van der Waals surface area contributed by atoms with E-state index in [1.165, 1.54) is 0 Å². The zero-order valence-corrected chi connectivity index (χ0v) is 16.1. The van der Waals surface area contributed by atoms with Crippen molar-refractivity contribution in [3.8, 4) is 6.07 Å². The van der Waals surface area contributed by atoms with Crippen molar-refractivity contribution in [1.82, 2.24) is 0 Å². The number of amides is 1. The first kappa shape index (κ1) is 20.2. The first-order valence-corrected chi connectivity index (χ1v) is 9.06. The topological polar surface area (TPSA) is 52.9 Å². The van der Waals surface area contributed by atoms with Gasteiger partial charge in [-0.05, 0) is 64.3 Å². The van der Waals surface area contributed by atoms with Gasteiger partial charge >= 0.3 is 0 Å². The number of anilines is 1. The highest BCUT2D eigenvalue weighted by molar-refractivity contribution is 5.95. The molecule has 4 nitrogen and oxygen atoms in total. The fourth-order valence-corrected chi connectivity index (χ4v) is 3.69. The molecule has 1 amide bonds. The number of nitrogens with one attached hydrogen (secondary N) is 1. The second kappa shape index (κ2) is 8.84. The quantitative estimate of drug-likeness (QED) is 0.728. The van der Waals surface area contributed by atoms with E-state index in [-0.39, 0.29) is 11.9 Å². The van der Waals surface area contributed by atoms with Crippen LogP contribution in [-0.2, 0) is 4.79 Å². The zero-order valence-electron chi connectivity index (χ0n) is 16.1. The van der Waals surface area contributed by atoms with Crippen LogP contribution in [0.25, 0.3) is 0 Å². The third kappa shape index (κ3) is 4.15. The van der Waals surface area contributed by atoms with E-state index >= 15 is 0 Å². The normalized spacial score (nSPS) is 12.5. The molecule has 132 valence electrons. The van der Waals surface area contributed by atoms with Crippen molar-refractivity contribution in [2.24, 2.45) is 0 Å². The van der Waals surface area contributed by atoms with Crippen LogP contribution in [0.3, 0.4) is 0 Å². The first-order chi connectivity index (χ1) is 11.4. The van der Waals surface area contributed by atoms with Crippen LogP contribution in [0.1, 0.15) is 57.2 Å². The Morgan fingerprint density at radius 1 is 1.12 bits per heavy atom. The van der Waals surface area contributed by atoms with Gasteiger partial charge in [-0.2, -0.15) is 5.26 Å². The number of benzene rings is 1. The number of aryl methyl sites for hydroxylation is 2. The molecule has 0 saturated heterocycles. The average Bonchev–Trinajstić information content (AvgIpc) is 2.58. The number of rotatable bonds is 8. The molecule has 0 heterocycles. The highest BCUT2D eigenvalue weighted by Gasteiger charge is 2.37. The molecular weight excluding hydrogens is 298 g/mol. The minimum Gasteiger partial charge on any atom is -0.320 e. The van der Waals surface area contributed by atoms with Gasteiger partial charge < -0.3 is 9.80 Å². The molecule has 0 aliphatic heterocycles. The monoisotopic (exact) mass is 330 g/mol. The van der Waals surface area contributed by atoms with E-state index in [2.05, 4.69) is 39.1 Å². The lowest BCUT2D eigenvalue weighted by molar-refractivity contribution is -0.938. The van der Waals surface area contributed by atoms with E-state index in [0.29, 0.717) is 5.56 Å². The van der Waals surface area contributed by atoms with Crippen molar-refractivity contribution < 1.29 is 9.28 Å². The van der Waals surface area contributed by atoms with E-state index < -0.39 is 0 Å². The van der Waals surface area contributed by atoms with Crippen LogP contribution in [0.2, 0.25) is 0 Å². The molecular formula is C20H32N3O+. The Bertz CT molecular complexity index is 581. The van der Waals surface area contributed by atoms with Gasteiger partial charge in [0.15, 0.2) is 6.04 Å². The number of hydrogen-bond acceptors (Lipinski definition) is 2. The maximum absolute atomic E-state index is 13.1. The van der Waals surface area contributed by atoms with E-state index in [9.17, 15) is 4.79 Å². The number of nitrogens with zero attached hydrogens (tertiary/aromatic N) is 2. The highest BCUT2D eigenvalue weighted by atomic mass is 16.2. The number of hydrogen-bond donors (Lipinski definition) is 1. The number of carbonyl (C=O) groups is 1. The van der Waals surface area contributed by atoms with Crippen LogP contribution >= 0.6 is 0 Å². The van der Waals surface area contributed by atoms with Crippen molar-refractivity contribution in [2.45, 2.75) is 60.4 Å². The summed E-state index contributed by atoms with van der Waals surface area (Å²) in [4.78, 5) is 13.1. The third-order valence-corrected chi connectivity index (χ3v) is 5.33. The van der Waals surface area contributed by atoms with Crippen molar-refractivity contribution in [3.63, 3.8) is 0 Å². The molecule has 0 radical (unpaired) electrons. The predicted molar refractivity (Wildman–Crippen MR) is 99.8 cm³/mol. The highest BCUT2D eigenvalue weighted by Crippen LogP contribution is 2.25. The summed E-state index contributed by atoms with van der Waals surface area (Å²) in [7, 11) is 0. The van der Waals surface area contributed by atoms with Crippen molar-refractivity contribution in [1.29, 1.82) is 5.26 Å². The van der Waals surface area contributed by atoms with Gasteiger partial charge in [0.2, 0.25) is 0 Å². The minimum atomic E-state index is -0.0376. The number of carbonyl (C=O) groups excluding carboxylic acids is 1. The summed E-state index contributed by atoms with van der Waals surface area (Å²) in [5.41, 5.74) is 3.37. The maximum Gasteiger partial charge on any atom is 0.282 e. The number of likely N-dealkylation sites (N-methyl/N-ethyl adjacent to an activating group) is 1. The Morgan fingerprint density at radius 3 is 2.00 bits per heavy atom. The molecule has 0 aliphatic carbocycles. The predicted octanol–water partition coefficient (Wildman–Crippen LogP) is 4.16. The summed E-state index contributed by atoms with van der Waals surface area (Å²) in [6, 6.07) is 5.80. The van der Waals surface area contributed by atoms with Gasteiger partial charge in [0.05, 0.1) is 31.3 Å². The van der Waals surface area contributed by atoms with E-state index in [4.69, 9.17) is 5.26 Å². The van der Waals surface area contributed by atoms with Gasteiger partial charge in [0.1, 0.15) is 0 Å². The largest absolute Gasteiger partial charge is 0.320 e. The van der Waals surface area contributed by atoms with E-state index in [1.807, 2.05) is 26.0 Å². The van der Waals surface area contributed by atoms with Crippen LogP contribution in [0.15, 0.2) is 12.1 Å². The second-order valence-electron chi connectivity index (χ2n) is 6.56. The molecule has 1 rings (SSSR count). The lowest BCUT2D eigenvalue weighted by atomic mass is 10.0. The molecule has 1 atom stereocenters. The van der Waals surface area contributed by atoms with Crippen LogP contribution in [0.4, 0.5) is 5.69 Å². The Balaban J connectivity index is 3.17. The Morgan fingerprint density at radius 2 is 1.62 bits per heavy atom. The van der Waals surface area contributed by atoms with Crippen molar-refractivity contribution in [2.75, 3.05) is 25.0 Å². The molecule has 0 aromatic heterocycles. The SMILES string of the molecule is CCCC(C(=O)Nc1c(C)cc(C#N)cc1C)[N+](CC)(CC)CC. The summed E-state index contributed by atoms with van der Waals surface area (Å²) in [5, 5.41) is 12.2. The van der Waals surface area contributed by atoms with Gasteiger partial charge in [0.25, 0.3) is 5.91 Å². The molecule has 1 N–H and O–H groups in total. The zero-order chi connectivity index (χ0) is 18.3. The number of nitriles is 1. The van der Waals surface area contributed by atoms with E-state index in [1.54, 1.807) is 0 Å². The summed E-state index contributed by atoms with van der Waals surface area (Å²) in [6.45, 7) is 15.4. The van der Waals surface area contributed by atoms with Gasteiger partial charge in [-0.3, -0.25) is 4.79 Å². The average molecular weight is 330 g/mol. The summed E-state index contributed by atoms with van der Waals surface area (Å²) < 4.78 is 0.814. The standard InChI is InChI=1S/C20H31N3O/c1-7-11-18(23(8-2,9-3)10-4)20(24)22-19-15(5)12-17(14-21)13-16(19)6/h12-13,18H,7-11H2,1-6H3/p+1. The van der Waals surface area contributed by atoms with Crippen molar-refractivity contribution >= 4 is 11.6 Å². The van der Waals surface area contributed by atoms with Crippen LogP contribution in [0.5, 0.6) is 0 Å². The maximum atomic E-state index is 13.1. The van der Waals surface area contributed by atoms with Gasteiger partial charge in [-0.25, -0.2) is 0 Å². The summed E-state index contributed by atoms with van der Waals surface area (Å²) in [6.07, 6.45) is 1.87. The third-order valence-electron chi connectivity index (χ3n) is 5.33. The lowest BCUT2D eigenvalue weighted by Gasteiger charge is -2.42. The molecule has 0 saturated carbocycles. The molecule has 0 bridgehead atoms. The molecule has 1 aromatic rings. The molecule has 0 aliphatic rings. The fourth-order valence-electron chi connectivity index (χ4n) is 3.69. The second-order valence-corrected chi connectivity index (χ2v) is 6.56. The minimum absolute atomic E-state index is 0.0376. The molecule has 0 fully saturated rings. The van der Waals surface area contributed by atoms with Crippen molar-refractivity contribution in [3.05, 3.63) is 28.8 Å². The summed E-state index contributed by atoms with van der Waals surface area (Å²) in [5.74, 6) is 0.0957. The fraction of sp³-hybridized carbons (Fsp3) is 0.600. The van der Waals surface area contributed by atoms with Crippen LogP contribution in [-0.4, -0.2) is 36.1 Å². The van der Waals surface area contributed by atoms with Gasteiger partial charge in [-0.15, -0.1) is 0 Å². The van der Waals surface area contributed by atoms with Crippen LogP contribution < -0.4 is 5.32 Å². The molecule has 1 unspecified atom stereocenters. The smallest absolute Gasteiger partial charge is 0.282 e. The Kier molecular flexibility index (Phi) is 7.44. The Labute approximate surface area is 147 Å². The van der Waals surface area contributed by atoms with Crippen LogP contribution in [0, 0.1) is 25.2 Å². The van der Waals surface area contributed by atoms with Gasteiger partial charge in [0, 0.05) is 12.1 Å².